The van der Waals surface area contributed by atoms with Crippen LogP contribution in [0.15, 0.2) is 36.7 Å². The Kier molecular flexibility index (Phi) is 4.85. The number of carbonyl (C=O) groups is 1. The van der Waals surface area contributed by atoms with Gasteiger partial charge in [0.05, 0.1) is 16.8 Å². The maximum atomic E-state index is 13.9. The summed E-state index contributed by atoms with van der Waals surface area (Å²) in [6, 6.07) is 6.11. The number of aromatic carboxylic acids is 1. The molecule has 0 saturated carbocycles. The van der Waals surface area contributed by atoms with Crippen molar-refractivity contribution >= 4 is 16.9 Å². The lowest BCUT2D eigenvalue weighted by atomic mass is 10.0. The maximum absolute atomic E-state index is 13.9. The van der Waals surface area contributed by atoms with Crippen LogP contribution in [0.5, 0.6) is 0 Å². The molecule has 3 heterocycles. The third-order valence-corrected chi connectivity index (χ3v) is 5.05. The summed E-state index contributed by atoms with van der Waals surface area (Å²) >= 11 is 0. The highest BCUT2D eigenvalue weighted by Gasteiger charge is 2.19. The van der Waals surface area contributed by atoms with E-state index in [2.05, 4.69) is 4.98 Å². The molecule has 2 aromatic heterocycles. The van der Waals surface area contributed by atoms with Crippen LogP contribution >= 0.6 is 0 Å². The molecule has 27 heavy (non-hydrogen) atoms. The van der Waals surface area contributed by atoms with Crippen LogP contribution in [-0.2, 0) is 17.7 Å². The molecule has 0 radical (unpaired) electrons. The highest BCUT2D eigenvalue weighted by atomic mass is 19.1. The van der Waals surface area contributed by atoms with Crippen molar-refractivity contribution in [2.45, 2.75) is 25.8 Å². The summed E-state index contributed by atoms with van der Waals surface area (Å²) < 4.78 is 21.2. The van der Waals surface area contributed by atoms with Gasteiger partial charge in [-0.1, -0.05) is 0 Å². The van der Waals surface area contributed by atoms with E-state index in [1.165, 1.54) is 30.6 Å². The summed E-state index contributed by atoms with van der Waals surface area (Å²) in [7, 11) is 0. The van der Waals surface area contributed by atoms with Crippen LogP contribution in [0.1, 0.15) is 34.5 Å². The number of aromatic nitrogens is 3. The van der Waals surface area contributed by atoms with E-state index in [0.717, 1.165) is 38.1 Å². The van der Waals surface area contributed by atoms with Crippen LogP contribution in [0.25, 0.3) is 10.9 Å². The molecule has 1 aliphatic heterocycles. The predicted molar refractivity (Wildman–Crippen MR) is 97.2 cm³/mol. The summed E-state index contributed by atoms with van der Waals surface area (Å²) in [5.41, 5.74) is 2.27. The van der Waals surface area contributed by atoms with Gasteiger partial charge in [0, 0.05) is 44.0 Å². The quantitative estimate of drug-likeness (QED) is 0.747. The molecule has 7 heteroatoms. The monoisotopic (exact) mass is 369 g/mol. The summed E-state index contributed by atoms with van der Waals surface area (Å²) in [5.74, 6) is -0.878. The zero-order chi connectivity index (χ0) is 18.8. The van der Waals surface area contributed by atoms with Gasteiger partial charge in [0.25, 0.3) is 0 Å². The van der Waals surface area contributed by atoms with Crippen molar-refractivity contribution < 1.29 is 19.0 Å². The molecule has 1 saturated heterocycles. The summed E-state index contributed by atoms with van der Waals surface area (Å²) in [6.45, 7) is 2.25. The van der Waals surface area contributed by atoms with Crippen LogP contribution in [0.2, 0.25) is 0 Å². The number of benzene rings is 1. The number of hydrogen-bond acceptors (Lipinski definition) is 4. The Balaban J connectivity index is 1.72. The zero-order valence-corrected chi connectivity index (χ0v) is 14.8. The Bertz CT molecular complexity index is 980. The third-order valence-electron chi connectivity index (χ3n) is 5.05. The minimum Gasteiger partial charge on any atom is -0.478 e. The van der Waals surface area contributed by atoms with Crippen molar-refractivity contribution in [3.63, 3.8) is 0 Å². The number of nitrogens with zero attached hydrogens (tertiary/aromatic N) is 3. The van der Waals surface area contributed by atoms with E-state index in [-0.39, 0.29) is 17.8 Å². The highest BCUT2D eigenvalue weighted by molar-refractivity contribution is 5.89. The second-order valence-electron chi connectivity index (χ2n) is 6.86. The number of hydrogen-bond donors (Lipinski definition) is 1. The second-order valence-corrected chi connectivity index (χ2v) is 6.86. The molecule has 0 amide bonds. The van der Waals surface area contributed by atoms with E-state index in [9.17, 15) is 14.3 Å². The Labute approximate surface area is 155 Å². The number of rotatable bonds is 5. The van der Waals surface area contributed by atoms with Crippen molar-refractivity contribution in [2.75, 3.05) is 13.2 Å². The van der Waals surface area contributed by atoms with Crippen molar-refractivity contribution in [1.82, 2.24) is 14.8 Å². The fraction of sp³-hybridized carbons (Fsp3) is 0.350. The van der Waals surface area contributed by atoms with Crippen LogP contribution in [0.4, 0.5) is 4.39 Å². The van der Waals surface area contributed by atoms with E-state index < -0.39 is 5.97 Å². The number of carboxylic acids is 1. The van der Waals surface area contributed by atoms with E-state index in [1.54, 1.807) is 6.07 Å². The highest BCUT2D eigenvalue weighted by Crippen LogP contribution is 2.26. The summed E-state index contributed by atoms with van der Waals surface area (Å²) in [5, 5.41) is 14.8. The molecule has 1 fully saturated rings. The third kappa shape index (κ3) is 3.68. The fourth-order valence-electron chi connectivity index (χ4n) is 3.62. The number of pyridine rings is 1. The van der Waals surface area contributed by atoms with Gasteiger partial charge in [0.15, 0.2) is 0 Å². The Morgan fingerprint density at radius 2 is 2.11 bits per heavy atom. The lowest BCUT2D eigenvalue weighted by Crippen LogP contribution is -2.21. The second kappa shape index (κ2) is 7.44. The first-order valence-electron chi connectivity index (χ1n) is 9.00. The molecule has 4 rings (SSSR count). The van der Waals surface area contributed by atoms with Crippen molar-refractivity contribution in [3.05, 3.63) is 59.3 Å². The van der Waals surface area contributed by atoms with Crippen molar-refractivity contribution in [1.29, 1.82) is 0 Å². The molecule has 0 bridgehead atoms. The topological polar surface area (TPSA) is 77.2 Å². The summed E-state index contributed by atoms with van der Waals surface area (Å²) in [4.78, 5) is 15.5. The van der Waals surface area contributed by atoms with Gasteiger partial charge in [-0.2, -0.15) is 5.10 Å². The van der Waals surface area contributed by atoms with Gasteiger partial charge < -0.3 is 9.84 Å². The minimum atomic E-state index is -1.01. The number of carboxylic acid groups (broad SMARTS) is 1. The molecule has 0 aliphatic carbocycles. The van der Waals surface area contributed by atoms with E-state index in [1.807, 2.05) is 4.68 Å². The van der Waals surface area contributed by atoms with Crippen LogP contribution in [-0.4, -0.2) is 39.1 Å². The number of fused-ring (bicyclic) bond motifs is 1. The van der Waals surface area contributed by atoms with Crippen LogP contribution in [0.3, 0.4) is 0 Å². The molecule has 1 aliphatic rings. The number of halogens is 1. The van der Waals surface area contributed by atoms with Gasteiger partial charge in [-0.05, 0) is 48.6 Å². The Morgan fingerprint density at radius 1 is 1.30 bits per heavy atom. The first-order valence-corrected chi connectivity index (χ1v) is 9.00. The Hall–Kier alpha value is -2.80. The van der Waals surface area contributed by atoms with Crippen LogP contribution in [0, 0.1) is 11.7 Å². The average molecular weight is 369 g/mol. The minimum absolute atomic E-state index is 0.188. The molecule has 140 valence electrons. The fourth-order valence-corrected chi connectivity index (χ4v) is 3.62. The summed E-state index contributed by atoms with van der Waals surface area (Å²) in [6.07, 6.45) is 5.23. The molecule has 1 N–H and O–H groups in total. The number of ether oxygens (including phenoxy) is 1. The van der Waals surface area contributed by atoms with Gasteiger partial charge in [-0.25, -0.2) is 9.18 Å². The maximum Gasteiger partial charge on any atom is 0.336 e. The SMILES string of the molecule is O=C(O)c1ccncc1Cc1nn(CC2CCOCC2)c2ccc(F)cc12. The normalized spacial score (nSPS) is 15.3. The largest absolute Gasteiger partial charge is 0.478 e. The molecular weight excluding hydrogens is 349 g/mol. The van der Waals surface area contributed by atoms with Gasteiger partial charge in [0.2, 0.25) is 0 Å². The van der Waals surface area contributed by atoms with Gasteiger partial charge in [-0.15, -0.1) is 0 Å². The molecule has 0 atom stereocenters. The van der Waals surface area contributed by atoms with E-state index >= 15 is 0 Å². The first-order chi connectivity index (χ1) is 13.1. The van der Waals surface area contributed by atoms with E-state index in [0.29, 0.717) is 22.6 Å². The van der Waals surface area contributed by atoms with Gasteiger partial charge in [-0.3, -0.25) is 9.67 Å². The smallest absolute Gasteiger partial charge is 0.336 e. The van der Waals surface area contributed by atoms with E-state index in [4.69, 9.17) is 9.84 Å². The molecule has 0 unspecified atom stereocenters. The molecule has 6 nitrogen and oxygen atoms in total. The standard InChI is InChI=1S/C20H20FN3O3/c21-15-1-2-19-17(10-15)18(9-14-11-22-6-3-16(14)20(25)26)23-24(19)12-13-4-7-27-8-5-13/h1-3,6,10-11,13H,4-5,7-9,12H2,(H,25,26). The van der Waals surface area contributed by atoms with Crippen molar-refractivity contribution in [3.8, 4) is 0 Å². The molecule has 1 aromatic carbocycles. The molecule has 3 aromatic rings. The van der Waals surface area contributed by atoms with Gasteiger partial charge >= 0.3 is 5.97 Å². The predicted octanol–water partition coefficient (Wildman–Crippen LogP) is 3.29. The van der Waals surface area contributed by atoms with Crippen molar-refractivity contribution in [2.24, 2.45) is 5.92 Å². The lowest BCUT2D eigenvalue weighted by Gasteiger charge is -2.22. The average Bonchev–Trinajstić information content (AvgIpc) is 2.99. The Morgan fingerprint density at radius 3 is 2.89 bits per heavy atom. The molecular formula is C20H20FN3O3. The zero-order valence-electron chi connectivity index (χ0n) is 14.8. The molecule has 0 spiro atoms. The first kappa shape index (κ1) is 17.6. The van der Waals surface area contributed by atoms with Gasteiger partial charge in [0.1, 0.15) is 5.82 Å². The lowest BCUT2D eigenvalue weighted by molar-refractivity contribution is 0.0605. The van der Waals surface area contributed by atoms with Crippen LogP contribution < -0.4 is 0 Å².